The van der Waals surface area contributed by atoms with E-state index >= 15 is 0 Å². The number of piperazine rings is 1. The zero-order valence-corrected chi connectivity index (χ0v) is 16.5. The molecule has 1 aromatic heterocycles. The van der Waals surface area contributed by atoms with Gasteiger partial charge in [-0.25, -0.2) is 4.98 Å². The van der Waals surface area contributed by atoms with Crippen LogP contribution in [0, 0.1) is 0 Å². The normalized spacial score (nSPS) is 17.1. The molecule has 0 saturated carbocycles. The Morgan fingerprint density at radius 3 is 2.93 bits per heavy atom. The van der Waals surface area contributed by atoms with Gasteiger partial charge in [-0.3, -0.25) is 4.79 Å². The standard InChI is InChI=1S/C22H23ClN4O/c1-14-13-27(8-7-25-14)22(28)17-5-6-18-19(23)11-20(26-21(18)10-17)16-4-2-3-15(9-16)12-24/h2-6,9-11,14,25H,7-8,12-13,24H2,1H3/t14-/m0/s1. The van der Waals surface area contributed by atoms with Gasteiger partial charge in [0, 0.05) is 48.7 Å². The first-order valence-corrected chi connectivity index (χ1v) is 9.85. The van der Waals surface area contributed by atoms with Crippen molar-refractivity contribution in [2.24, 2.45) is 5.73 Å². The minimum atomic E-state index is 0.0312. The fraction of sp³-hybridized carbons (Fsp3) is 0.273. The SMILES string of the molecule is C[C@H]1CN(C(=O)c2ccc3c(Cl)cc(-c4cccc(CN)c4)nc3c2)CCN1. The van der Waals surface area contributed by atoms with Crippen LogP contribution >= 0.6 is 11.6 Å². The van der Waals surface area contributed by atoms with Crippen molar-refractivity contribution in [2.45, 2.75) is 19.5 Å². The highest BCUT2D eigenvalue weighted by Gasteiger charge is 2.22. The van der Waals surface area contributed by atoms with E-state index in [1.54, 1.807) is 0 Å². The second-order valence-corrected chi connectivity index (χ2v) is 7.64. The van der Waals surface area contributed by atoms with Crippen LogP contribution in [0.25, 0.3) is 22.2 Å². The summed E-state index contributed by atoms with van der Waals surface area (Å²) in [4.78, 5) is 19.6. The van der Waals surface area contributed by atoms with Crippen molar-refractivity contribution in [2.75, 3.05) is 19.6 Å². The number of rotatable bonds is 3. The Bertz CT molecular complexity index is 1040. The number of halogens is 1. The van der Waals surface area contributed by atoms with Gasteiger partial charge in [0.05, 0.1) is 16.2 Å². The Balaban J connectivity index is 1.72. The first-order chi connectivity index (χ1) is 13.5. The zero-order valence-electron chi connectivity index (χ0n) is 15.8. The van der Waals surface area contributed by atoms with Crippen LogP contribution < -0.4 is 11.1 Å². The predicted molar refractivity (Wildman–Crippen MR) is 113 cm³/mol. The third kappa shape index (κ3) is 3.74. The van der Waals surface area contributed by atoms with Crippen LogP contribution in [0.5, 0.6) is 0 Å². The molecule has 0 bridgehead atoms. The van der Waals surface area contributed by atoms with E-state index in [1.807, 2.05) is 53.4 Å². The summed E-state index contributed by atoms with van der Waals surface area (Å²) in [5.41, 5.74) is 9.88. The van der Waals surface area contributed by atoms with E-state index in [2.05, 4.69) is 12.2 Å². The number of nitrogens with zero attached hydrogens (tertiary/aromatic N) is 2. The van der Waals surface area contributed by atoms with Gasteiger partial charge in [0.15, 0.2) is 0 Å². The average molecular weight is 395 g/mol. The minimum absolute atomic E-state index is 0.0312. The lowest BCUT2D eigenvalue weighted by atomic mass is 10.0. The molecular formula is C22H23ClN4O. The summed E-state index contributed by atoms with van der Waals surface area (Å²) in [5, 5.41) is 4.81. The molecule has 2 aromatic carbocycles. The second-order valence-electron chi connectivity index (χ2n) is 7.23. The van der Waals surface area contributed by atoms with E-state index in [0.29, 0.717) is 36.3 Å². The molecule has 0 spiro atoms. The van der Waals surface area contributed by atoms with Gasteiger partial charge in [-0.15, -0.1) is 0 Å². The van der Waals surface area contributed by atoms with Crippen molar-refractivity contribution < 1.29 is 4.79 Å². The molecule has 1 amide bonds. The largest absolute Gasteiger partial charge is 0.336 e. The number of nitrogens with two attached hydrogens (primary N) is 1. The maximum Gasteiger partial charge on any atom is 0.254 e. The molecule has 1 atom stereocenters. The molecule has 0 aliphatic carbocycles. The molecule has 5 nitrogen and oxygen atoms in total. The van der Waals surface area contributed by atoms with E-state index in [-0.39, 0.29) is 5.91 Å². The number of benzene rings is 2. The number of hydrogen-bond donors (Lipinski definition) is 2. The van der Waals surface area contributed by atoms with Gasteiger partial charge < -0.3 is 16.0 Å². The van der Waals surface area contributed by atoms with Crippen LogP contribution in [-0.4, -0.2) is 41.5 Å². The van der Waals surface area contributed by atoms with E-state index in [4.69, 9.17) is 22.3 Å². The molecular weight excluding hydrogens is 372 g/mol. The maximum absolute atomic E-state index is 12.9. The Morgan fingerprint density at radius 2 is 2.14 bits per heavy atom. The number of hydrogen-bond acceptors (Lipinski definition) is 4. The summed E-state index contributed by atoms with van der Waals surface area (Å²) in [6, 6.07) is 15.7. The molecule has 3 aromatic rings. The molecule has 1 fully saturated rings. The summed E-state index contributed by atoms with van der Waals surface area (Å²) in [7, 11) is 0. The Hall–Kier alpha value is -2.47. The predicted octanol–water partition coefficient (Wildman–Crippen LogP) is 3.45. The Morgan fingerprint density at radius 1 is 1.29 bits per heavy atom. The highest BCUT2D eigenvalue weighted by atomic mass is 35.5. The smallest absolute Gasteiger partial charge is 0.254 e. The summed E-state index contributed by atoms with van der Waals surface area (Å²) >= 11 is 6.52. The van der Waals surface area contributed by atoms with Gasteiger partial charge in [0.2, 0.25) is 0 Å². The third-order valence-electron chi connectivity index (χ3n) is 5.12. The van der Waals surface area contributed by atoms with Crippen molar-refractivity contribution >= 4 is 28.4 Å². The number of fused-ring (bicyclic) bond motifs is 1. The number of pyridine rings is 1. The van der Waals surface area contributed by atoms with E-state index in [1.165, 1.54) is 0 Å². The molecule has 144 valence electrons. The quantitative estimate of drug-likeness (QED) is 0.713. The van der Waals surface area contributed by atoms with Gasteiger partial charge in [-0.05, 0) is 36.8 Å². The van der Waals surface area contributed by atoms with Crippen LogP contribution in [0.3, 0.4) is 0 Å². The van der Waals surface area contributed by atoms with Crippen LogP contribution in [0.2, 0.25) is 5.02 Å². The van der Waals surface area contributed by atoms with Crippen molar-refractivity contribution in [3.63, 3.8) is 0 Å². The Kier molecular flexibility index (Phi) is 5.31. The van der Waals surface area contributed by atoms with Gasteiger partial charge >= 0.3 is 0 Å². The number of carbonyl (C=O) groups is 1. The summed E-state index contributed by atoms with van der Waals surface area (Å²) in [6.07, 6.45) is 0. The molecule has 0 unspecified atom stereocenters. The molecule has 1 saturated heterocycles. The lowest BCUT2D eigenvalue weighted by Crippen LogP contribution is -2.51. The molecule has 4 rings (SSSR count). The third-order valence-corrected chi connectivity index (χ3v) is 5.43. The van der Waals surface area contributed by atoms with E-state index in [0.717, 1.165) is 34.3 Å². The van der Waals surface area contributed by atoms with Gasteiger partial charge in [-0.2, -0.15) is 0 Å². The fourth-order valence-electron chi connectivity index (χ4n) is 3.62. The van der Waals surface area contributed by atoms with Crippen LogP contribution in [0.1, 0.15) is 22.8 Å². The van der Waals surface area contributed by atoms with Crippen LogP contribution in [-0.2, 0) is 6.54 Å². The van der Waals surface area contributed by atoms with Crippen molar-refractivity contribution in [1.29, 1.82) is 0 Å². The molecule has 28 heavy (non-hydrogen) atoms. The average Bonchev–Trinajstić information content (AvgIpc) is 2.72. The first-order valence-electron chi connectivity index (χ1n) is 9.47. The van der Waals surface area contributed by atoms with Crippen LogP contribution in [0.4, 0.5) is 0 Å². The topological polar surface area (TPSA) is 71.2 Å². The van der Waals surface area contributed by atoms with E-state index in [9.17, 15) is 4.79 Å². The number of carbonyl (C=O) groups excluding carboxylic acids is 1. The summed E-state index contributed by atoms with van der Waals surface area (Å²) < 4.78 is 0. The van der Waals surface area contributed by atoms with Crippen molar-refractivity contribution in [3.8, 4) is 11.3 Å². The summed E-state index contributed by atoms with van der Waals surface area (Å²) in [5.74, 6) is 0.0312. The highest BCUT2D eigenvalue weighted by Crippen LogP contribution is 2.29. The minimum Gasteiger partial charge on any atom is -0.336 e. The lowest BCUT2D eigenvalue weighted by Gasteiger charge is -2.32. The number of amides is 1. The number of aromatic nitrogens is 1. The molecule has 2 heterocycles. The molecule has 1 aliphatic heterocycles. The summed E-state index contributed by atoms with van der Waals surface area (Å²) in [6.45, 7) is 4.78. The van der Waals surface area contributed by atoms with Crippen LogP contribution in [0.15, 0.2) is 48.5 Å². The first kappa shape index (κ1) is 18.9. The lowest BCUT2D eigenvalue weighted by molar-refractivity contribution is 0.0709. The van der Waals surface area contributed by atoms with Gasteiger partial charge in [0.1, 0.15) is 0 Å². The second kappa shape index (κ2) is 7.87. The molecule has 6 heteroatoms. The maximum atomic E-state index is 12.9. The zero-order chi connectivity index (χ0) is 19.7. The monoisotopic (exact) mass is 394 g/mol. The fourth-order valence-corrected chi connectivity index (χ4v) is 3.89. The molecule has 3 N–H and O–H groups in total. The van der Waals surface area contributed by atoms with Crippen molar-refractivity contribution in [3.05, 3.63) is 64.7 Å². The van der Waals surface area contributed by atoms with E-state index < -0.39 is 0 Å². The van der Waals surface area contributed by atoms with Gasteiger partial charge in [0.25, 0.3) is 5.91 Å². The van der Waals surface area contributed by atoms with Crippen molar-refractivity contribution in [1.82, 2.24) is 15.2 Å². The number of nitrogens with one attached hydrogen (secondary N) is 1. The van der Waals surface area contributed by atoms with Gasteiger partial charge in [-0.1, -0.05) is 35.9 Å². The molecule has 0 radical (unpaired) electrons. The molecule has 1 aliphatic rings. The Labute approximate surface area is 169 Å². The highest BCUT2D eigenvalue weighted by molar-refractivity contribution is 6.35.